The van der Waals surface area contributed by atoms with Gasteiger partial charge in [-0.05, 0) is 49.2 Å². The molecule has 0 saturated heterocycles. The molecule has 2 aromatic carbocycles. The van der Waals surface area contributed by atoms with Crippen molar-refractivity contribution in [3.63, 3.8) is 0 Å². The smallest absolute Gasteiger partial charge is 0.233 e. The normalized spacial score (nSPS) is 10.2. The van der Waals surface area contributed by atoms with Gasteiger partial charge >= 0.3 is 0 Å². The third-order valence-electron chi connectivity index (χ3n) is 3.64. The maximum absolute atomic E-state index is 12.0. The van der Waals surface area contributed by atoms with E-state index in [2.05, 4.69) is 10.6 Å². The van der Waals surface area contributed by atoms with Crippen molar-refractivity contribution in [3.05, 3.63) is 52.5 Å². The van der Waals surface area contributed by atoms with Gasteiger partial charge < -0.3 is 15.4 Å². The Hall–Kier alpha value is -2.53. The van der Waals surface area contributed by atoms with Crippen molar-refractivity contribution in [2.45, 2.75) is 20.3 Å². The number of carbonyl (C=O) groups excluding carboxylic acids is 2. The molecule has 24 heavy (non-hydrogen) atoms. The van der Waals surface area contributed by atoms with Crippen LogP contribution >= 0.6 is 11.6 Å². The first kappa shape index (κ1) is 17.8. The quantitative estimate of drug-likeness (QED) is 0.806. The first-order valence-electron chi connectivity index (χ1n) is 7.40. The molecule has 0 aliphatic rings. The highest BCUT2D eigenvalue weighted by Gasteiger charge is 2.12. The number of benzene rings is 2. The lowest BCUT2D eigenvalue weighted by molar-refractivity contribution is -0.123. The topological polar surface area (TPSA) is 67.4 Å². The summed E-state index contributed by atoms with van der Waals surface area (Å²) in [7, 11) is 1.51. The summed E-state index contributed by atoms with van der Waals surface area (Å²) >= 11 is 6.00. The van der Waals surface area contributed by atoms with E-state index in [1.807, 2.05) is 26.0 Å². The van der Waals surface area contributed by atoms with E-state index in [1.165, 1.54) is 7.11 Å². The van der Waals surface area contributed by atoms with Gasteiger partial charge in [-0.2, -0.15) is 0 Å². The zero-order valence-corrected chi connectivity index (χ0v) is 14.5. The lowest BCUT2D eigenvalue weighted by Crippen LogP contribution is -2.21. The van der Waals surface area contributed by atoms with E-state index in [0.29, 0.717) is 22.1 Å². The molecule has 5 nitrogen and oxygen atoms in total. The van der Waals surface area contributed by atoms with Gasteiger partial charge in [0.05, 0.1) is 12.1 Å². The summed E-state index contributed by atoms with van der Waals surface area (Å²) in [6.45, 7) is 3.88. The largest absolute Gasteiger partial charge is 0.495 e. The van der Waals surface area contributed by atoms with Crippen molar-refractivity contribution >= 4 is 34.8 Å². The van der Waals surface area contributed by atoms with Gasteiger partial charge in [0.15, 0.2) is 0 Å². The lowest BCUT2D eigenvalue weighted by atomic mass is 10.1. The maximum atomic E-state index is 12.0. The number of nitrogens with one attached hydrogen (secondary N) is 2. The molecule has 2 rings (SSSR count). The minimum atomic E-state index is -0.418. The third-order valence-corrected chi connectivity index (χ3v) is 3.93. The average molecular weight is 347 g/mol. The molecule has 0 bridgehead atoms. The highest BCUT2D eigenvalue weighted by molar-refractivity contribution is 6.32. The number of methoxy groups -OCH3 is 1. The first-order chi connectivity index (χ1) is 11.4. The Morgan fingerprint density at radius 3 is 2.46 bits per heavy atom. The van der Waals surface area contributed by atoms with Crippen LogP contribution in [0, 0.1) is 13.8 Å². The monoisotopic (exact) mass is 346 g/mol. The van der Waals surface area contributed by atoms with Crippen molar-refractivity contribution in [1.29, 1.82) is 0 Å². The molecule has 0 aromatic heterocycles. The number of aryl methyl sites for hydroxylation is 1. The molecule has 0 heterocycles. The summed E-state index contributed by atoms with van der Waals surface area (Å²) in [6.07, 6.45) is -0.281. The number of hydrogen-bond acceptors (Lipinski definition) is 3. The zero-order valence-electron chi connectivity index (χ0n) is 13.8. The number of amides is 2. The number of ether oxygens (including phenoxy) is 1. The van der Waals surface area contributed by atoms with E-state index in [9.17, 15) is 9.59 Å². The van der Waals surface area contributed by atoms with Crippen LogP contribution in [0.4, 0.5) is 11.4 Å². The predicted molar refractivity (Wildman–Crippen MR) is 95.8 cm³/mol. The molecular weight excluding hydrogens is 328 g/mol. The second kappa shape index (κ2) is 7.84. The average Bonchev–Trinajstić information content (AvgIpc) is 2.52. The number of carbonyl (C=O) groups is 2. The fraction of sp³-hybridized carbons (Fsp3) is 0.222. The van der Waals surface area contributed by atoms with E-state index < -0.39 is 5.91 Å². The molecule has 0 unspecified atom stereocenters. The SMILES string of the molecule is COc1ccc(NC(=O)CC(=O)Nc2cccc(C)c2C)cc1Cl. The molecule has 0 radical (unpaired) electrons. The Morgan fingerprint density at radius 1 is 1.08 bits per heavy atom. The second-order valence-corrected chi connectivity index (χ2v) is 5.78. The van der Waals surface area contributed by atoms with Crippen LogP contribution in [0.25, 0.3) is 0 Å². The molecule has 0 atom stereocenters. The summed E-state index contributed by atoms with van der Waals surface area (Å²) in [6, 6.07) is 10.5. The van der Waals surface area contributed by atoms with Crippen LogP contribution in [0.15, 0.2) is 36.4 Å². The fourth-order valence-corrected chi connectivity index (χ4v) is 2.43. The van der Waals surface area contributed by atoms with E-state index in [0.717, 1.165) is 11.1 Å². The van der Waals surface area contributed by atoms with Crippen LogP contribution in [-0.4, -0.2) is 18.9 Å². The number of halogens is 1. The minimum absolute atomic E-state index is 0.281. The first-order valence-corrected chi connectivity index (χ1v) is 7.78. The van der Waals surface area contributed by atoms with Crippen molar-refractivity contribution < 1.29 is 14.3 Å². The van der Waals surface area contributed by atoms with Crippen LogP contribution < -0.4 is 15.4 Å². The molecule has 2 aromatic rings. The summed E-state index contributed by atoms with van der Waals surface area (Å²) in [5.74, 6) is -0.276. The van der Waals surface area contributed by atoms with Gasteiger partial charge in [0.25, 0.3) is 0 Å². The molecule has 2 N–H and O–H groups in total. The maximum Gasteiger partial charge on any atom is 0.233 e. The van der Waals surface area contributed by atoms with E-state index in [1.54, 1.807) is 24.3 Å². The third kappa shape index (κ3) is 4.49. The Morgan fingerprint density at radius 2 is 1.79 bits per heavy atom. The van der Waals surface area contributed by atoms with Crippen molar-refractivity contribution in [3.8, 4) is 5.75 Å². The molecule has 2 amide bonds. The highest BCUT2D eigenvalue weighted by atomic mass is 35.5. The molecule has 0 saturated carbocycles. The van der Waals surface area contributed by atoms with Gasteiger partial charge in [-0.1, -0.05) is 23.7 Å². The summed E-state index contributed by atoms with van der Waals surface area (Å²) in [5, 5.41) is 5.77. The molecule has 0 spiro atoms. The number of anilines is 2. The zero-order chi connectivity index (χ0) is 17.7. The minimum Gasteiger partial charge on any atom is -0.495 e. The van der Waals surface area contributed by atoms with E-state index >= 15 is 0 Å². The number of rotatable bonds is 5. The molecule has 6 heteroatoms. The van der Waals surface area contributed by atoms with Crippen LogP contribution in [-0.2, 0) is 9.59 Å². The van der Waals surface area contributed by atoms with Gasteiger partial charge in [0.2, 0.25) is 11.8 Å². The van der Waals surface area contributed by atoms with Gasteiger partial charge in [0, 0.05) is 11.4 Å². The van der Waals surface area contributed by atoms with Gasteiger partial charge in [-0.15, -0.1) is 0 Å². The molecule has 0 aliphatic heterocycles. The second-order valence-electron chi connectivity index (χ2n) is 5.37. The van der Waals surface area contributed by atoms with Gasteiger partial charge in [0.1, 0.15) is 12.2 Å². The van der Waals surface area contributed by atoms with Crippen LogP contribution in [0.1, 0.15) is 17.5 Å². The summed E-state index contributed by atoms with van der Waals surface area (Å²) in [4.78, 5) is 24.0. The van der Waals surface area contributed by atoms with Crippen molar-refractivity contribution in [2.75, 3.05) is 17.7 Å². The highest BCUT2D eigenvalue weighted by Crippen LogP contribution is 2.27. The molecule has 0 aliphatic carbocycles. The van der Waals surface area contributed by atoms with Crippen LogP contribution in [0.3, 0.4) is 0 Å². The van der Waals surface area contributed by atoms with Gasteiger partial charge in [-0.3, -0.25) is 9.59 Å². The summed E-state index contributed by atoms with van der Waals surface area (Å²) in [5.41, 5.74) is 3.27. The molecular formula is C18H19ClN2O3. The number of hydrogen-bond donors (Lipinski definition) is 2. The Balaban J connectivity index is 1.95. The molecule has 126 valence electrons. The predicted octanol–water partition coefficient (Wildman–Crippen LogP) is 3.93. The Kier molecular flexibility index (Phi) is 5.82. The van der Waals surface area contributed by atoms with Crippen LogP contribution in [0.5, 0.6) is 5.75 Å². The van der Waals surface area contributed by atoms with Gasteiger partial charge in [-0.25, -0.2) is 0 Å². The lowest BCUT2D eigenvalue weighted by Gasteiger charge is -2.11. The fourth-order valence-electron chi connectivity index (χ4n) is 2.18. The van der Waals surface area contributed by atoms with E-state index in [4.69, 9.17) is 16.3 Å². The Labute approximate surface area is 146 Å². The van der Waals surface area contributed by atoms with Crippen molar-refractivity contribution in [1.82, 2.24) is 0 Å². The summed E-state index contributed by atoms with van der Waals surface area (Å²) < 4.78 is 5.05. The Bertz CT molecular complexity index is 775. The molecule has 0 fully saturated rings. The van der Waals surface area contributed by atoms with Crippen molar-refractivity contribution in [2.24, 2.45) is 0 Å². The van der Waals surface area contributed by atoms with E-state index in [-0.39, 0.29) is 12.3 Å². The van der Waals surface area contributed by atoms with Crippen LogP contribution in [0.2, 0.25) is 5.02 Å². The standard InChI is InChI=1S/C18H19ClN2O3/c1-11-5-4-6-15(12(11)2)21-18(23)10-17(22)20-13-7-8-16(24-3)14(19)9-13/h4-9H,10H2,1-3H3,(H,20,22)(H,21,23).